The molecule has 0 aliphatic heterocycles. The molecule has 0 spiro atoms. The van der Waals surface area contributed by atoms with E-state index in [2.05, 4.69) is 5.32 Å². The fourth-order valence-electron chi connectivity index (χ4n) is 2.36. The molecule has 0 bridgehead atoms. The van der Waals surface area contributed by atoms with Crippen LogP contribution in [0.5, 0.6) is 5.75 Å². The van der Waals surface area contributed by atoms with Crippen molar-refractivity contribution in [2.45, 2.75) is 19.9 Å². The first-order chi connectivity index (χ1) is 12.6. The van der Waals surface area contributed by atoms with Crippen molar-refractivity contribution >= 4 is 33.2 Å². The molecule has 6 nitrogen and oxygen atoms in total. The zero-order chi connectivity index (χ0) is 20.0. The normalized spacial score (nSPS) is 12.3. The van der Waals surface area contributed by atoms with Crippen LogP contribution in [0.1, 0.15) is 12.5 Å². The molecular formula is C19H23ClN2O4S. The van der Waals surface area contributed by atoms with Crippen LogP contribution in [0.3, 0.4) is 0 Å². The number of nitrogens with zero attached hydrogens (tertiary/aromatic N) is 1. The van der Waals surface area contributed by atoms with E-state index in [0.717, 1.165) is 16.1 Å². The van der Waals surface area contributed by atoms with Gasteiger partial charge in [0.25, 0.3) is 0 Å². The summed E-state index contributed by atoms with van der Waals surface area (Å²) in [7, 11) is -3.62. The fourth-order valence-corrected chi connectivity index (χ4v) is 3.34. The number of anilines is 1. The number of aryl methyl sites for hydroxylation is 1. The zero-order valence-corrected chi connectivity index (χ0v) is 17.0. The first-order valence-electron chi connectivity index (χ1n) is 8.37. The van der Waals surface area contributed by atoms with Gasteiger partial charge in [-0.25, -0.2) is 8.42 Å². The molecule has 0 aromatic heterocycles. The van der Waals surface area contributed by atoms with Crippen LogP contribution in [0.2, 0.25) is 5.02 Å². The second kappa shape index (κ2) is 9.10. The van der Waals surface area contributed by atoms with Crippen molar-refractivity contribution in [2.75, 3.05) is 23.7 Å². The number of carbonyl (C=O) groups is 1. The predicted octanol–water partition coefficient (Wildman–Crippen LogP) is 3.00. The molecule has 8 heteroatoms. The van der Waals surface area contributed by atoms with Gasteiger partial charge in [-0.1, -0.05) is 29.3 Å². The van der Waals surface area contributed by atoms with Gasteiger partial charge in [-0.05, 0) is 50.2 Å². The number of hydrogen-bond acceptors (Lipinski definition) is 4. The van der Waals surface area contributed by atoms with E-state index in [9.17, 15) is 13.2 Å². The summed E-state index contributed by atoms with van der Waals surface area (Å²) in [6.45, 7) is 3.73. The van der Waals surface area contributed by atoms with Gasteiger partial charge < -0.3 is 10.1 Å². The van der Waals surface area contributed by atoms with Crippen LogP contribution in [0.15, 0.2) is 48.5 Å². The summed E-state index contributed by atoms with van der Waals surface area (Å²) in [5.41, 5.74) is 1.51. The molecule has 1 unspecified atom stereocenters. The first kappa shape index (κ1) is 21.1. The van der Waals surface area contributed by atoms with Gasteiger partial charge in [-0.2, -0.15) is 0 Å². The Balaban J connectivity index is 1.94. The van der Waals surface area contributed by atoms with E-state index in [1.54, 1.807) is 31.2 Å². The number of amides is 1. The molecule has 2 aromatic carbocycles. The molecule has 1 atom stereocenters. The number of halogens is 1. The van der Waals surface area contributed by atoms with E-state index in [0.29, 0.717) is 16.5 Å². The third-order valence-corrected chi connectivity index (χ3v) is 5.12. The van der Waals surface area contributed by atoms with Crippen molar-refractivity contribution in [1.29, 1.82) is 0 Å². The maximum atomic E-state index is 12.3. The van der Waals surface area contributed by atoms with Gasteiger partial charge in [0, 0.05) is 5.02 Å². The summed E-state index contributed by atoms with van der Waals surface area (Å²) in [5.74, 6) is 0.288. The average molecular weight is 411 g/mol. The molecule has 0 aliphatic carbocycles. The highest BCUT2D eigenvalue weighted by Gasteiger charge is 2.21. The van der Waals surface area contributed by atoms with E-state index >= 15 is 0 Å². The standard InChI is InChI=1S/C19H23ClN2O4S/c1-14-4-10-18(11-5-14)26-13-15(2)21-19(23)12-22(27(3,24)25)17-8-6-16(20)7-9-17/h4-11,15H,12-13H2,1-3H3,(H,21,23). The molecule has 0 heterocycles. The third-order valence-electron chi connectivity index (χ3n) is 3.73. The number of hydrogen-bond donors (Lipinski definition) is 1. The second-order valence-corrected chi connectivity index (χ2v) is 8.68. The second-order valence-electron chi connectivity index (χ2n) is 6.34. The van der Waals surface area contributed by atoms with Gasteiger partial charge in [-0.3, -0.25) is 9.10 Å². The third kappa shape index (κ3) is 6.77. The smallest absolute Gasteiger partial charge is 0.241 e. The molecule has 2 aromatic rings. The van der Waals surface area contributed by atoms with Crippen molar-refractivity contribution in [3.05, 3.63) is 59.1 Å². The van der Waals surface area contributed by atoms with Crippen molar-refractivity contribution in [3.63, 3.8) is 0 Å². The van der Waals surface area contributed by atoms with Crippen molar-refractivity contribution in [2.24, 2.45) is 0 Å². The Bertz CT molecular complexity index is 868. The molecule has 0 fully saturated rings. The Hall–Kier alpha value is -2.25. The van der Waals surface area contributed by atoms with Crippen LogP contribution >= 0.6 is 11.6 Å². The molecule has 27 heavy (non-hydrogen) atoms. The van der Waals surface area contributed by atoms with Gasteiger partial charge in [0.15, 0.2) is 0 Å². The summed E-state index contributed by atoms with van der Waals surface area (Å²) in [4.78, 5) is 12.3. The van der Waals surface area contributed by atoms with Crippen LogP contribution in [0.25, 0.3) is 0 Å². The Morgan fingerprint density at radius 2 is 1.74 bits per heavy atom. The zero-order valence-electron chi connectivity index (χ0n) is 15.5. The largest absolute Gasteiger partial charge is 0.491 e. The van der Waals surface area contributed by atoms with Crippen molar-refractivity contribution in [1.82, 2.24) is 5.32 Å². The predicted molar refractivity (Wildman–Crippen MR) is 108 cm³/mol. The molecular weight excluding hydrogens is 388 g/mol. The highest BCUT2D eigenvalue weighted by atomic mass is 35.5. The SMILES string of the molecule is Cc1ccc(OCC(C)NC(=O)CN(c2ccc(Cl)cc2)S(C)(=O)=O)cc1. The average Bonchev–Trinajstić information content (AvgIpc) is 2.59. The van der Waals surface area contributed by atoms with Gasteiger partial charge in [0.05, 0.1) is 18.0 Å². The van der Waals surface area contributed by atoms with E-state index in [-0.39, 0.29) is 19.2 Å². The Labute approximate surface area is 165 Å². The lowest BCUT2D eigenvalue weighted by atomic mass is 10.2. The first-order valence-corrected chi connectivity index (χ1v) is 10.6. The van der Waals surface area contributed by atoms with Crippen LogP contribution in [0, 0.1) is 6.92 Å². The van der Waals surface area contributed by atoms with Crippen molar-refractivity contribution < 1.29 is 17.9 Å². The van der Waals surface area contributed by atoms with Gasteiger partial charge in [0.1, 0.15) is 18.9 Å². The minimum atomic E-state index is -3.62. The summed E-state index contributed by atoms with van der Waals surface area (Å²) in [6, 6.07) is 13.6. The molecule has 146 valence electrons. The maximum Gasteiger partial charge on any atom is 0.241 e. The lowest BCUT2D eigenvalue weighted by Gasteiger charge is -2.23. The Morgan fingerprint density at radius 1 is 1.15 bits per heavy atom. The highest BCUT2D eigenvalue weighted by molar-refractivity contribution is 7.92. The number of ether oxygens (including phenoxy) is 1. The minimum Gasteiger partial charge on any atom is -0.491 e. The molecule has 2 rings (SSSR count). The molecule has 1 N–H and O–H groups in total. The number of benzene rings is 2. The molecule has 1 amide bonds. The molecule has 0 saturated heterocycles. The maximum absolute atomic E-state index is 12.3. The van der Waals surface area contributed by atoms with Gasteiger partial charge >= 0.3 is 0 Å². The topological polar surface area (TPSA) is 75.7 Å². The lowest BCUT2D eigenvalue weighted by Crippen LogP contribution is -2.44. The summed E-state index contributed by atoms with van der Waals surface area (Å²) >= 11 is 5.84. The number of sulfonamides is 1. The van der Waals surface area contributed by atoms with Crippen LogP contribution in [0.4, 0.5) is 5.69 Å². The summed E-state index contributed by atoms with van der Waals surface area (Å²) in [5, 5.41) is 3.23. The van der Waals surface area contributed by atoms with Crippen molar-refractivity contribution in [3.8, 4) is 5.75 Å². The number of carbonyl (C=O) groups excluding carboxylic acids is 1. The molecule has 0 aliphatic rings. The van der Waals surface area contributed by atoms with E-state index in [1.807, 2.05) is 31.2 Å². The quantitative estimate of drug-likeness (QED) is 0.725. The van der Waals surface area contributed by atoms with Gasteiger partial charge in [0.2, 0.25) is 15.9 Å². The monoisotopic (exact) mass is 410 g/mol. The number of rotatable bonds is 8. The number of nitrogens with one attached hydrogen (secondary N) is 1. The minimum absolute atomic E-state index is 0.272. The van der Waals surface area contributed by atoms with E-state index in [4.69, 9.17) is 16.3 Å². The lowest BCUT2D eigenvalue weighted by molar-refractivity contribution is -0.120. The summed E-state index contributed by atoms with van der Waals surface area (Å²) in [6.07, 6.45) is 1.05. The van der Waals surface area contributed by atoms with E-state index < -0.39 is 15.9 Å². The van der Waals surface area contributed by atoms with Crippen LogP contribution in [-0.2, 0) is 14.8 Å². The fraction of sp³-hybridized carbons (Fsp3) is 0.316. The van der Waals surface area contributed by atoms with E-state index in [1.165, 1.54) is 0 Å². The van der Waals surface area contributed by atoms with Crippen LogP contribution < -0.4 is 14.4 Å². The molecule has 0 radical (unpaired) electrons. The highest BCUT2D eigenvalue weighted by Crippen LogP contribution is 2.20. The molecule has 0 saturated carbocycles. The Morgan fingerprint density at radius 3 is 2.30 bits per heavy atom. The summed E-state index contributed by atoms with van der Waals surface area (Å²) < 4.78 is 30.8. The Kier molecular flexibility index (Phi) is 7.10. The van der Waals surface area contributed by atoms with Crippen LogP contribution in [-0.4, -0.2) is 39.8 Å². The van der Waals surface area contributed by atoms with Gasteiger partial charge in [-0.15, -0.1) is 0 Å².